The molecule has 0 aliphatic heterocycles. The van der Waals surface area contributed by atoms with Crippen LogP contribution in [0.15, 0.2) is 18.2 Å². The molecule has 2 N–H and O–H groups in total. The van der Waals surface area contributed by atoms with E-state index in [2.05, 4.69) is 19.2 Å². The molecule has 0 aromatic heterocycles. The maximum atomic E-state index is 13.7. The first-order valence-electron chi connectivity index (χ1n) is 8.25. The van der Waals surface area contributed by atoms with Crippen molar-refractivity contribution < 1.29 is 18.7 Å². The Morgan fingerprint density at radius 2 is 2.13 bits per heavy atom. The molecule has 1 saturated carbocycles. The van der Waals surface area contributed by atoms with Gasteiger partial charge in [0.25, 0.3) is 0 Å². The smallest absolute Gasteiger partial charge is 0.223 e. The van der Waals surface area contributed by atoms with Crippen LogP contribution in [0.2, 0.25) is 0 Å². The van der Waals surface area contributed by atoms with Crippen molar-refractivity contribution in [2.24, 2.45) is 17.8 Å². The summed E-state index contributed by atoms with van der Waals surface area (Å²) in [6.45, 7) is 4.84. The summed E-state index contributed by atoms with van der Waals surface area (Å²) >= 11 is 0. The van der Waals surface area contributed by atoms with Gasteiger partial charge >= 0.3 is 0 Å². The zero-order chi connectivity index (χ0) is 17.0. The summed E-state index contributed by atoms with van der Waals surface area (Å²) in [5.41, 5.74) is 0.291. The zero-order valence-corrected chi connectivity index (χ0v) is 13.7. The molecule has 23 heavy (non-hydrogen) atoms. The van der Waals surface area contributed by atoms with Crippen LogP contribution in [0.5, 0.6) is 0 Å². The molecule has 0 spiro atoms. The van der Waals surface area contributed by atoms with E-state index in [-0.39, 0.29) is 30.3 Å². The predicted octanol–water partition coefficient (Wildman–Crippen LogP) is 3.23. The third-order valence-electron chi connectivity index (χ3n) is 4.39. The number of hydrogen-bond acceptors (Lipinski definition) is 2. The van der Waals surface area contributed by atoms with E-state index in [4.69, 9.17) is 5.11 Å². The molecule has 1 fully saturated rings. The van der Waals surface area contributed by atoms with Crippen molar-refractivity contribution in [2.75, 3.05) is 13.2 Å². The van der Waals surface area contributed by atoms with Crippen LogP contribution in [0.3, 0.4) is 0 Å². The van der Waals surface area contributed by atoms with Crippen molar-refractivity contribution in [3.05, 3.63) is 35.4 Å². The van der Waals surface area contributed by atoms with Crippen molar-refractivity contribution in [1.82, 2.24) is 5.32 Å². The van der Waals surface area contributed by atoms with Crippen LogP contribution in [0.4, 0.5) is 8.78 Å². The Morgan fingerprint density at radius 1 is 1.39 bits per heavy atom. The average molecular weight is 325 g/mol. The van der Waals surface area contributed by atoms with Gasteiger partial charge in [-0.2, -0.15) is 0 Å². The Kier molecular flexibility index (Phi) is 6.10. The van der Waals surface area contributed by atoms with Gasteiger partial charge in [0, 0.05) is 19.1 Å². The summed E-state index contributed by atoms with van der Waals surface area (Å²) in [5.74, 6) is -0.805. The predicted molar refractivity (Wildman–Crippen MR) is 84.9 cm³/mol. The molecule has 3 unspecified atom stereocenters. The first kappa shape index (κ1) is 17.9. The summed E-state index contributed by atoms with van der Waals surface area (Å²) in [7, 11) is 0. The van der Waals surface area contributed by atoms with E-state index in [1.54, 1.807) is 0 Å². The van der Waals surface area contributed by atoms with Crippen LogP contribution in [0.1, 0.15) is 44.6 Å². The molecule has 0 saturated heterocycles. The zero-order valence-electron chi connectivity index (χ0n) is 13.7. The maximum Gasteiger partial charge on any atom is 0.223 e. The lowest BCUT2D eigenvalue weighted by Gasteiger charge is -2.18. The van der Waals surface area contributed by atoms with E-state index in [1.807, 2.05) is 0 Å². The largest absolute Gasteiger partial charge is 0.396 e. The number of halogens is 2. The van der Waals surface area contributed by atoms with E-state index in [0.29, 0.717) is 30.9 Å². The van der Waals surface area contributed by atoms with Crippen molar-refractivity contribution in [1.29, 1.82) is 0 Å². The summed E-state index contributed by atoms with van der Waals surface area (Å²) in [5, 5.41) is 12.0. The lowest BCUT2D eigenvalue weighted by Crippen LogP contribution is -2.31. The Labute approximate surface area is 136 Å². The van der Waals surface area contributed by atoms with Gasteiger partial charge in [-0.1, -0.05) is 13.8 Å². The molecule has 1 aromatic carbocycles. The van der Waals surface area contributed by atoms with Gasteiger partial charge in [-0.15, -0.1) is 0 Å². The minimum absolute atomic E-state index is 0.105. The SMILES string of the molecule is CC(C)CC(CCO)CNC(=O)C1CC1c1cc(F)ccc1F. The topological polar surface area (TPSA) is 49.3 Å². The van der Waals surface area contributed by atoms with Crippen molar-refractivity contribution in [2.45, 2.75) is 39.0 Å². The van der Waals surface area contributed by atoms with Crippen LogP contribution in [0, 0.1) is 29.4 Å². The van der Waals surface area contributed by atoms with Crippen LogP contribution in [-0.4, -0.2) is 24.2 Å². The van der Waals surface area contributed by atoms with Gasteiger partial charge in [0.05, 0.1) is 0 Å². The van der Waals surface area contributed by atoms with Gasteiger partial charge in [-0.25, -0.2) is 8.78 Å². The Morgan fingerprint density at radius 3 is 2.78 bits per heavy atom. The highest BCUT2D eigenvalue weighted by molar-refractivity contribution is 5.82. The van der Waals surface area contributed by atoms with Gasteiger partial charge in [0.2, 0.25) is 5.91 Å². The van der Waals surface area contributed by atoms with Gasteiger partial charge in [0.15, 0.2) is 0 Å². The van der Waals surface area contributed by atoms with E-state index in [9.17, 15) is 13.6 Å². The minimum atomic E-state index is -0.479. The molecule has 128 valence electrons. The Balaban J connectivity index is 1.86. The van der Waals surface area contributed by atoms with Gasteiger partial charge in [-0.05, 0) is 60.8 Å². The highest BCUT2D eigenvalue weighted by atomic mass is 19.1. The number of benzene rings is 1. The molecule has 3 nitrogen and oxygen atoms in total. The number of nitrogens with one attached hydrogen (secondary N) is 1. The fourth-order valence-electron chi connectivity index (χ4n) is 3.16. The molecule has 1 aliphatic rings. The number of carbonyl (C=O) groups is 1. The molecule has 2 rings (SSSR count). The fraction of sp³-hybridized carbons (Fsp3) is 0.611. The summed E-state index contributed by atoms with van der Waals surface area (Å²) in [4.78, 5) is 12.2. The summed E-state index contributed by atoms with van der Waals surface area (Å²) in [6, 6.07) is 3.38. The fourth-order valence-corrected chi connectivity index (χ4v) is 3.16. The molecule has 0 bridgehead atoms. The molecule has 1 aromatic rings. The third kappa shape index (κ3) is 4.99. The van der Waals surface area contributed by atoms with E-state index in [1.165, 1.54) is 6.07 Å². The quantitative estimate of drug-likeness (QED) is 0.771. The molecular formula is C18H25F2NO2. The summed E-state index contributed by atoms with van der Waals surface area (Å²) < 4.78 is 27.0. The highest BCUT2D eigenvalue weighted by Gasteiger charge is 2.45. The standard InChI is InChI=1S/C18H25F2NO2/c1-11(2)7-12(5-6-22)10-21-18(23)16-9-14(16)15-8-13(19)3-4-17(15)20/h3-4,8,11-12,14,16,22H,5-7,9-10H2,1-2H3,(H,21,23). The van der Waals surface area contributed by atoms with Crippen LogP contribution in [-0.2, 0) is 4.79 Å². The van der Waals surface area contributed by atoms with Gasteiger partial charge in [0.1, 0.15) is 11.6 Å². The summed E-state index contributed by atoms with van der Waals surface area (Å²) in [6.07, 6.45) is 2.15. The normalized spacial score (nSPS) is 21.3. The third-order valence-corrected chi connectivity index (χ3v) is 4.39. The van der Waals surface area contributed by atoms with Crippen molar-refractivity contribution in [3.63, 3.8) is 0 Å². The number of hydrogen-bond donors (Lipinski definition) is 2. The molecular weight excluding hydrogens is 300 g/mol. The van der Waals surface area contributed by atoms with Gasteiger partial charge < -0.3 is 10.4 Å². The van der Waals surface area contributed by atoms with E-state index < -0.39 is 11.6 Å². The second-order valence-corrected chi connectivity index (χ2v) is 6.87. The number of rotatable bonds is 8. The lowest BCUT2D eigenvalue weighted by molar-refractivity contribution is -0.122. The maximum absolute atomic E-state index is 13.7. The number of aliphatic hydroxyl groups excluding tert-OH is 1. The van der Waals surface area contributed by atoms with Crippen LogP contribution in [0.25, 0.3) is 0 Å². The van der Waals surface area contributed by atoms with Gasteiger partial charge in [-0.3, -0.25) is 4.79 Å². The molecule has 0 heterocycles. The molecule has 0 radical (unpaired) electrons. The van der Waals surface area contributed by atoms with E-state index >= 15 is 0 Å². The highest BCUT2D eigenvalue weighted by Crippen LogP contribution is 2.48. The van der Waals surface area contributed by atoms with Crippen LogP contribution < -0.4 is 5.32 Å². The number of aliphatic hydroxyl groups is 1. The molecule has 5 heteroatoms. The average Bonchev–Trinajstić information content (AvgIpc) is 3.27. The first-order chi connectivity index (χ1) is 10.9. The molecule has 1 aliphatic carbocycles. The minimum Gasteiger partial charge on any atom is -0.396 e. The monoisotopic (exact) mass is 325 g/mol. The van der Waals surface area contributed by atoms with Crippen molar-refractivity contribution in [3.8, 4) is 0 Å². The second-order valence-electron chi connectivity index (χ2n) is 6.87. The van der Waals surface area contributed by atoms with Crippen molar-refractivity contribution >= 4 is 5.91 Å². The number of amides is 1. The number of carbonyl (C=O) groups excluding carboxylic acids is 1. The molecule has 1 amide bonds. The Hall–Kier alpha value is -1.49. The molecule has 3 atom stereocenters. The van der Waals surface area contributed by atoms with Crippen LogP contribution >= 0.6 is 0 Å². The lowest BCUT2D eigenvalue weighted by atomic mass is 9.94. The second kappa shape index (κ2) is 7.86. The van der Waals surface area contributed by atoms with E-state index in [0.717, 1.165) is 18.6 Å². The first-order valence-corrected chi connectivity index (χ1v) is 8.25. The Bertz CT molecular complexity index is 548.